The maximum Gasteiger partial charge on any atom is 0.422 e. The third-order valence-corrected chi connectivity index (χ3v) is 1.95. The smallest absolute Gasteiger partial charge is 0.422 e. The number of rotatable bonds is 3. The van der Waals surface area contributed by atoms with Crippen molar-refractivity contribution in [1.29, 1.82) is 0 Å². The fourth-order valence-electron chi connectivity index (χ4n) is 1.27. The van der Waals surface area contributed by atoms with Crippen LogP contribution in [0.15, 0.2) is 12.3 Å². The van der Waals surface area contributed by atoms with Crippen LogP contribution in [0, 0.1) is 0 Å². The molecule has 96 valence electrons. The number of imidazole rings is 1. The van der Waals surface area contributed by atoms with Gasteiger partial charge in [-0.1, -0.05) is 0 Å². The Morgan fingerprint density at radius 1 is 1.50 bits per heavy atom. The number of carboxylic acids is 1. The third-order valence-electron chi connectivity index (χ3n) is 1.95. The first-order valence-corrected chi connectivity index (χ1v) is 4.64. The molecule has 0 unspecified atom stereocenters. The van der Waals surface area contributed by atoms with Gasteiger partial charge in [-0.2, -0.15) is 13.2 Å². The number of fused-ring (bicyclic) bond motifs is 1. The van der Waals surface area contributed by atoms with Gasteiger partial charge in [0, 0.05) is 12.3 Å². The van der Waals surface area contributed by atoms with Gasteiger partial charge in [0.25, 0.3) is 0 Å². The number of nitrogens with one attached hydrogen (secondary N) is 1. The van der Waals surface area contributed by atoms with Crippen LogP contribution < -0.4 is 4.74 Å². The van der Waals surface area contributed by atoms with E-state index < -0.39 is 24.6 Å². The van der Waals surface area contributed by atoms with Gasteiger partial charge in [-0.05, 0) is 0 Å². The fraction of sp³-hybridized carbons (Fsp3) is 0.222. The Morgan fingerprint density at radius 3 is 2.83 bits per heavy atom. The fourth-order valence-corrected chi connectivity index (χ4v) is 1.27. The van der Waals surface area contributed by atoms with Gasteiger partial charge in [0.2, 0.25) is 5.82 Å². The molecule has 0 bridgehead atoms. The summed E-state index contributed by atoms with van der Waals surface area (Å²) in [4.78, 5) is 20.3. The van der Waals surface area contributed by atoms with E-state index in [4.69, 9.17) is 5.11 Å². The number of aromatic amines is 1. The summed E-state index contributed by atoms with van der Waals surface area (Å²) in [5, 5.41) is 8.69. The molecule has 18 heavy (non-hydrogen) atoms. The van der Waals surface area contributed by atoms with Gasteiger partial charge >= 0.3 is 12.1 Å². The van der Waals surface area contributed by atoms with E-state index in [1.54, 1.807) is 0 Å². The van der Waals surface area contributed by atoms with Crippen LogP contribution in [0.5, 0.6) is 5.75 Å². The summed E-state index contributed by atoms with van der Waals surface area (Å²) < 4.78 is 40.6. The van der Waals surface area contributed by atoms with Crippen molar-refractivity contribution < 1.29 is 27.8 Å². The van der Waals surface area contributed by atoms with Crippen LogP contribution in [-0.2, 0) is 0 Å². The molecule has 9 heteroatoms. The summed E-state index contributed by atoms with van der Waals surface area (Å²) in [6.45, 7) is -1.48. The van der Waals surface area contributed by atoms with E-state index in [0.29, 0.717) is 0 Å². The predicted octanol–water partition coefficient (Wildman–Crippen LogP) is 1.60. The first-order valence-electron chi connectivity index (χ1n) is 4.64. The summed E-state index contributed by atoms with van der Waals surface area (Å²) in [5.74, 6) is -1.91. The second-order valence-electron chi connectivity index (χ2n) is 3.30. The minimum Gasteiger partial charge on any atom is -0.482 e. The molecule has 0 spiro atoms. The topological polar surface area (TPSA) is 88.1 Å². The van der Waals surface area contributed by atoms with E-state index in [9.17, 15) is 18.0 Å². The van der Waals surface area contributed by atoms with Gasteiger partial charge in [-0.25, -0.2) is 14.8 Å². The molecule has 0 aromatic carbocycles. The second kappa shape index (κ2) is 4.17. The summed E-state index contributed by atoms with van der Waals surface area (Å²) in [6.07, 6.45) is -3.30. The molecule has 2 aromatic rings. The molecule has 2 rings (SSSR count). The normalized spacial score (nSPS) is 11.7. The van der Waals surface area contributed by atoms with Gasteiger partial charge < -0.3 is 14.8 Å². The van der Waals surface area contributed by atoms with Crippen LogP contribution in [0.2, 0.25) is 0 Å². The molecule has 2 heterocycles. The molecular formula is C9H6F3N3O3. The highest BCUT2D eigenvalue weighted by Gasteiger charge is 2.29. The van der Waals surface area contributed by atoms with Crippen molar-refractivity contribution in [2.24, 2.45) is 0 Å². The zero-order valence-electron chi connectivity index (χ0n) is 8.65. The Kier molecular flexibility index (Phi) is 2.81. The third kappa shape index (κ3) is 2.50. The summed E-state index contributed by atoms with van der Waals surface area (Å²) >= 11 is 0. The van der Waals surface area contributed by atoms with Crippen molar-refractivity contribution in [3.63, 3.8) is 0 Å². The number of aromatic carboxylic acids is 1. The Labute approximate surface area is 97.4 Å². The van der Waals surface area contributed by atoms with Crippen LogP contribution in [0.3, 0.4) is 0 Å². The quantitative estimate of drug-likeness (QED) is 0.876. The van der Waals surface area contributed by atoms with Crippen molar-refractivity contribution in [2.75, 3.05) is 6.61 Å². The van der Waals surface area contributed by atoms with Crippen molar-refractivity contribution in [3.05, 3.63) is 18.1 Å². The summed E-state index contributed by atoms with van der Waals surface area (Å²) in [7, 11) is 0. The van der Waals surface area contributed by atoms with Crippen LogP contribution in [-0.4, -0.2) is 38.8 Å². The lowest BCUT2D eigenvalue weighted by Gasteiger charge is -2.08. The largest absolute Gasteiger partial charge is 0.482 e. The van der Waals surface area contributed by atoms with Crippen LogP contribution >= 0.6 is 0 Å². The molecule has 0 aliphatic heterocycles. The zero-order valence-corrected chi connectivity index (χ0v) is 8.65. The van der Waals surface area contributed by atoms with Gasteiger partial charge in [-0.15, -0.1) is 0 Å². The van der Waals surface area contributed by atoms with Crippen molar-refractivity contribution >= 4 is 17.1 Å². The van der Waals surface area contributed by atoms with Crippen molar-refractivity contribution in [3.8, 4) is 5.75 Å². The average molecular weight is 261 g/mol. The molecular weight excluding hydrogens is 255 g/mol. The second-order valence-corrected chi connectivity index (χ2v) is 3.30. The zero-order chi connectivity index (χ0) is 13.3. The highest BCUT2D eigenvalue weighted by molar-refractivity contribution is 5.89. The van der Waals surface area contributed by atoms with Crippen LogP contribution in [0.4, 0.5) is 13.2 Å². The summed E-state index contributed by atoms with van der Waals surface area (Å²) in [6, 6.07) is 1.19. The van der Waals surface area contributed by atoms with Gasteiger partial charge in [0.1, 0.15) is 11.3 Å². The lowest BCUT2D eigenvalue weighted by Crippen LogP contribution is -2.19. The molecule has 0 saturated carbocycles. The van der Waals surface area contributed by atoms with Gasteiger partial charge in [0.05, 0.1) is 0 Å². The first-order chi connectivity index (χ1) is 8.37. The van der Waals surface area contributed by atoms with Crippen LogP contribution in [0.25, 0.3) is 11.2 Å². The number of carbonyl (C=O) groups is 1. The van der Waals surface area contributed by atoms with E-state index in [1.165, 1.54) is 12.3 Å². The van der Waals surface area contributed by atoms with Gasteiger partial charge in [0.15, 0.2) is 12.3 Å². The lowest BCUT2D eigenvalue weighted by atomic mass is 10.4. The molecule has 0 amide bonds. The number of hydrogen-bond donors (Lipinski definition) is 2. The predicted molar refractivity (Wildman–Crippen MR) is 52.4 cm³/mol. The SMILES string of the molecule is O=C(O)c1nc2nccc(OCC(F)(F)F)c2[nH]1. The summed E-state index contributed by atoms with van der Waals surface area (Å²) in [5.41, 5.74) is -0.00813. The van der Waals surface area contributed by atoms with Crippen LogP contribution in [0.1, 0.15) is 10.6 Å². The highest BCUT2D eigenvalue weighted by atomic mass is 19.4. The van der Waals surface area contributed by atoms with E-state index in [-0.39, 0.29) is 16.9 Å². The number of ether oxygens (including phenoxy) is 1. The number of nitrogens with zero attached hydrogens (tertiary/aromatic N) is 2. The van der Waals surface area contributed by atoms with E-state index >= 15 is 0 Å². The number of alkyl halides is 3. The van der Waals surface area contributed by atoms with E-state index in [2.05, 4.69) is 19.7 Å². The lowest BCUT2D eigenvalue weighted by molar-refractivity contribution is -0.153. The number of carboxylic acid groups (broad SMARTS) is 1. The Bertz CT molecular complexity index is 593. The number of pyridine rings is 1. The molecule has 2 aromatic heterocycles. The Morgan fingerprint density at radius 2 is 2.22 bits per heavy atom. The molecule has 6 nitrogen and oxygen atoms in total. The minimum absolute atomic E-state index is 0.0131. The standard InChI is InChI=1S/C9H6F3N3O3/c10-9(11,12)3-18-4-1-2-13-6-5(4)14-7(15-6)8(16)17/h1-2H,3H2,(H,16,17)(H,13,14,15). The maximum absolute atomic E-state index is 12.0. The Hall–Kier alpha value is -2.32. The molecule has 0 atom stereocenters. The van der Waals surface area contributed by atoms with Gasteiger partial charge in [-0.3, -0.25) is 0 Å². The number of aromatic nitrogens is 3. The van der Waals surface area contributed by atoms with Crippen molar-refractivity contribution in [1.82, 2.24) is 15.0 Å². The first kappa shape index (κ1) is 12.1. The monoisotopic (exact) mass is 261 g/mol. The minimum atomic E-state index is -4.48. The maximum atomic E-state index is 12.0. The highest BCUT2D eigenvalue weighted by Crippen LogP contribution is 2.24. The molecule has 0 radical (unpaired) electrons. The van der Waals surface area contributed by atoms with E-state index in [0.717, 1.165) is 0 Å². The Balaban J connectivity index is 2.36. The molecule has 0 aliphatic rings. The molecule has 2 N–H and O–H groups in total. The number of halogens is 3. The average Bonchev–Trinajstić information content (AvgIpc) is 2.69. The molecule has 0 fully saturated rings. The molecule has 0 aliphatic carbocycles. The van der Waals surface area contributed by atoms with E-state index in [1.807, 2.05) is 0 Å². The number of H-pyrrole nitrogens is 1. The molecule has 0 saturated heterocycles. The van der Waals surface area contributed by atoms with Crippen molar-refractivity contribution in [2.45, 2.75) is 6.18 Å². The number of hydrogen-bond acceptors (Lipinski definition) is 4.